The number of benzene rings is 1. The number of nitrogens with one attached hydrogen (secondary N) is 1. The third-order valence-electron chi connectivity index (χ3n) is 1.95. The fourth-order valence-corrected chi connectivity index (χ4v) is 1.80. The summed E-state index contributed by atoms with van der Waals surface area (Å²) in [6, 6.07) is 7.12. The molecule has 0 atom stereocenters. The molecule has 2 rings (SSSR count). The van der Waals surface area contributed by atoms with Crippen molar-refractivity contribution < 1.29 is 4.79 Å². The Morgan fingerprint density at radius 2 is 2.00 bits per heavy atom. The molecule has 6 heteroatoms. The van der Waals surface area contributed by atoms with Gasteiger partial charge in [0.2, 0.25) is 0 Å². The zero-order valence-electron chi connectivity index (χ0n) is 8.52. The van der Waals surface area contributed by atoms with Crippen LogP contribution in [0.25, 0.3) is 0 Å². The molecule has 0 saturated carbocycles. The van der Waals surface area contributed by atoms with Gasteiger partial charge in [-0.2, -0.15) is 0 Å². The minimum absolute atomic E-state index is 0.220. The molecular formula is C11H7Br2N3O. The standard InChI is InChI=1S/C11H7Br2N3O/c12-8-3-1-2-7(4-8)11(17)16-10-6-14-9(13)5-15-10/h1-6H,(H,15,16,17). The van der Waals surface area contributed by atoms with Gasteiger partial charge in [-0.1, -0.05) is 22.0 Å². The fraction of sp³-hybridized carbons (Fsp3) is 0. The quantitative estimate of drug-likeness (QED) is 0.898. The molecule has 1 heterocycles. The van der Waals surface area contributed by atoms with Gasteiger partial charge in [0.1, 0.15) is 4.60 Å². The van der Waals surface area contributed by atoms with E-state index in [1.165, 1.54) is 12.4 Å². The Hall–Kier alpha value is -1.27. The Balaban J connectivity index is 2.14. The maximum Gasteiger partial charge on any atom is 0.256 e. The highest BCUT2D eigenvalue weighted by Gasteiger charge is 2.07. The monoisotopic (exact) mass is 355 g/mol. The molecule has 0 aliphatic carbocycles. The number of carbonyl (C=O) groups is 1. The second-order valence-electron chi connectivity index (χ2n) is 3.19. The van der Waals surface area contributed by atoms with Gasteiger partial charge < -0.3 is 5.32 Å². The van der Waals surface area contributed by atoms with E-state index in [1.54, 1.807) is 18.2 Å². The van der Waals surface area contributed by atoms with E-state index in [0.717, 1.165) is 4.47 Å². The average molecular weight is 357 g/mol. The second kappa shape index (κ2) is 5.37. The number of carbonyl (C=O) groups excluding carboxylic acids is 1. The third kappa shape index (κ3) is 3.34. The third-order valence-corrected chi connectivity index (χ3v) is 2.85. The molecule has 1 aromatic carbocycles. The number of nitrogens with zero attached hydrogens (tertiary/aromatic N) is 2. The average Bonchev–Trinajstić information content (AvgIpc) is 2.32. The van der Waals surface area contributed by atoms with Crippen LogP contribution in [-0.4, -0.2) is 15.9 Å². The van der Waals surface area contributed by atoms with Crippen LogP contribution < -0.4 is 5.32 Å². The van der Waals surface area contributed by atoms with Gasteiger partial charge in [0.05, 0.1) is 12.4 Å². The first-order valence-corrected chi connectivity index (χ1v) is 6.28. The minimum atomic E-state index is -0.220. The number of halogens is 2. The summed E-state index contributed by atoms with van der Waals surface area (Å²) < 4.78 is 1.48. The lowest BCUT2D eigenvalue weighted by Gasteiger charge is -2.04. The zero-order valence-corrected chi connectivity index (χ0v) is 11.7. The van der Waals surface area contributed by atoms with Crippen molar-refractivity contribution in [3.8, 4) is 0 Å². The first-order valence-electron chi connectivity index (χ1n) is 4.69. The summed E-state index contributed by atoms with van der Waals surface area (Å²) in [5.74, 6) is 0.195. The van der Waals surface area contributed by atoms with Crippen LogP contribution in [0.2, 0.25) is 0 Å². The largest absolute Gasteiger partial charge is 0.305 e. The number of hydrogen-bond donors (Lipinski definition) is 1. The Morgan fingerprint density at radius 1 is 1.18 bits per heavy atom. The van der Waals surface area contributed by atoms with Crippen molar-refractivity contribution in [2.24, 2.45) is 0 Å². The van der Waals surface area contributed by atoms with Crippen molar-refractivity contribution in [1.29, 1.82) is 0 Å². The van der Waals surface area contributed by atoms with E-state index < -0.39 is 0 Å². The second-order valence-corrected chi connectivity index (χ2v) is 4.92. The van der Waals surface area contributed by atoms with Gasteiger partial charge in [0.15, 0.2) is 5.82 Å². The summed E-state index contributed by atoms with van der Waals surface area (Å²) >= 11 is 6.48. The van der Waals surface area contributed by atoms with E-state index in [2.05, 4.69) is 47.1 Å². The van der Waals surface area contributed by atoms with Gasteiger partial charge in [-0.3, -0.25) is 4.79 Å². The van der Waals surface area contributed by atoms with Crippen LogP contribution in [-0.2, 0) is 0 Å². The molecule has 1 N–H and O–H groups in total. The van der Waals surface area contributed by atoms with Crippen LogP contribution >= 0.6 is 31.9 Å². The Bertz CT molecular complexity index is 543. The summed E-state index contributed by atoms with van der Waals surface area (Å²) in [7, 11) is 0. The molecule has 86 valence electrons. The van der Waals surface area contributed by atoms with Gasteiger partial charge in [-0.25, -0.2) is 9.97 Å². The van der Waals surface area contributed by atoms with Crippen LogP contribution in [0.3, 0.4) is 0 Å². The lowest BCUT2D eigenvalue weighted by Crippen LogP contribution is -2.13. The highest BCUT2D eigenvalue weighted by Crippen LogP contribution is 2.13. The van der Waals surface area contributed by atoms with Crippen molar-refractivity contribution in [2.75, 3.05) is 5.32 Å². The number of aromatic nitrogens is 2. The van der Waals surface area contributed by atoms with Gasteiger partial charge in [0.25, 0.3) is 5.91 Å². The maximum absolute atomic E-state index is 11.8. The molecule has 1 aromatic heterocycles. The smallest absolute Gasteiger partial charge is 0.256 e. The number of hydrogen-bond acceptors (Lipinski definition) is 3. The van der Waals surface area contributed by atoms with Crippen LogP contribution in [0.15, 0.2) is 45.7 Å². The van der Waals surface area contributed by atoms with Gasteiger partial charge in [-0.15, -0.1) is 0 Å². The van der Waals surface area contributed by atoms with Crippen molar-refractivity contribution in [3.63, 3.8) is 0 Å². The highest BCUT2D eigenvalue weighted by molar-refractivity contribution is 9.10. The van der Waals surface area contributed by atoms with E-state index in [-0.39, 0.29) is 5.91 Å². The number of amides is 1. The van der Waals surface area contributed by atoms with Crippen LogP contribution in [0.1, 0.15) is 10.4 Å². The van der Waals surface area contributed by atoms with Crippen LogP contribution in [0.4, 0.5) is 5.82 Å². The number of anilines is 1. The van der Waals surface area contributed by atoms with Crippen LogP contribution in [0, 0.1) is 0 Å². The van der Waals surface area contributed by atoms with E-state index in [9.17, 15) is 4.79 Å². The van der Waals surface area contributed by atoms with Crippen LogP contribution in [0.5, 0.6) is 0 Å². The molecule has 0 saturated heterocycles. The molecular weight excluding hydrogens is 350 g/mol. The Labute approximate surface area is 115 Å². The molecule has 2 aromatic rings. The van der Waals surface area contributed by atoms with E-state index in [0.29, 0.717) is 16.0 Å². The molecule has 0 fully saturated rings. The molecule has 0 unspecified atom stereocenters. The summed E-state index contributed by atoms with van der Waals surface area (Å²) in [5, 5.41) is 2.66. The van der Waals surface area contributed by atoms with Crippen molar-refractivity contribution in [2.45, 2.75) is 0 Å². The molecule has 17 heavy (non-hydrogen) atoms. The van der Waals surface area contributed by atoms with Crippen molar-refractivity contribution >= 4 is 43.6 Å². The maximum atomic E-state index is 11.8. The van der Waals surface area contributed by atoms with E-state index in [4.69, 9.17) is 0 Å². The van der Waals surface area contributed by atoms with Gasteiger partial charge in [0, 0.05) is 10.0 Å². The van der Waals surface area contributed by atoms with E-state index in [1.807, 2.05) is 6.07 Å². The van der Waals surface area contributed by atoms with E-state index >= 15 is 0 Å². The summed E-state index contributed by atoms with van der Waals surface area (Å²) in [4.78, 5) is 19.8. The first kappa shape index (κ1) is 12.2. The molecule has 0 bridgehead atoms. The SMILES string of the molecule is O=C(Nc1cnc(Br)cn1)c1cccc(Br)c1. The molecule has 0 radical (unpaired) electrons. The fourth-order valence-electron chi connectivity index (χ4n) is 1.20. The predicted molar refractivity (Wildman–Crippen MR) is 71.8 cm³/mol. The van der Waals surface area contributed by atoms with Crippen molar-refractivity contribution in [3.05, 3.63) is 51.3 Å². The minimum Gasteiger partial charge on any atom is -0.305 e. The Kier molecular flexibility index (Phi) is 3.86. The molecule has 0 aliphatic rings. The molecule has 0 spiro atoms. The topological polar surface area (TPSA) is 54.9 Å². The summed E-state index contributed by atoms with van der Waals surface area (Å²) in [6.07, 6.45) is 3.01. The zero-order chi connectivity index (χ0) is 12.3. The summed E-state index contributed by atoms with van der Waals surface area (Å²) in [6.45, 7) is 0. The highest BCUT2D eigenvalue weighted by atomic mass is 79.9. The first-order chi connectivity index (χ1) is 8.15. The van der Waals surface area contributed by atoms with Crippen molar-refractivity contribution in [1.82, 2.24) is 9.97 Å². The molecule has 1 amide bonds. The lowest BCUT2D eigenvalue weighted by atomic mass is 10.2. The summed E-state index contributed by atoms with van der Waals surface area (Å²) in [5.41, 5.74) is 0.559. The number of rotatable bonds is 2. The Morgan fingerprint density at radius 3 is 2.65 bits per heavy atom. The van der Waals surface area contributed by atoms with Gasteiger partial charge in [-0.05, 0) is 34.1 Å². The van der Waals surface area contributed by atoms with Gasteiger partial charge >= 0.3 is 0 Å². The lowest BCUT2D eigenvalue weighted by molar-refractivity contribution is 0.102. The normalized spacial score (nSPS) is 10.0. The molecule has 4 nitrogen and oxygen atoms in total. The molecule has 0 aliphatic heterocycles. The predicted octanol–water partition coefficient (Wildman–Crippen LogP) is 3.25.